The molecule has 0 aliphatic heterocycles. The molecule has 114 valence electrons. The Kier molecular flexibility index (Phi) is 5.38. The number of hydrogen-bond donors (Lipinski definition) is 2. The highest BCUT2D eigenvalue weighted by Gasteiger charge is 2.08. The molecule has 0 heterocycles. The summed E-state index contributed by atoms with van der Waals surface area (Å²) in [6, 6.07) is 12.5. The number of hydrazone groups is 1. The van der Waals surface area contributed by atoms with Gasteiger partial charge in [-0.25, -0.2) is 5.43 Å². The van der Waals surface area contributed by atoms with Gasteiger partial charge in [0.2, 0.25) is 5.91 Å². The molecule has 0 aromatic heterocycles. The van der Waals surface area contributed by atoms with Crippen molar-refractivity contribution in [2.75, 3.05) is 7.11 Å². The normalized spacial score (nSPS) is 10.6. The maximum atomic E-state index is 11.7. The lowest BCUT2D eigenvalue weighted by Gasteiger charge is -2.06. The first-order chi connectivity index (χ1) is 10.6. The summed E-state index contributed by atoms with van der Waals surface area (Å²) in [6.45, 7) is 0. The highest BCUT2D eigenvalue weighted by molar-refractivity contribution is 6.32. The van der Waals surface area contributed by atoms with Gasteiger partial charge in [-0.05, 0) is 23.3 Å². The zero-order valence-corrected chi connectivity index (χ0v) is 12.7. The van der Waals surface area contributed by atoms with Crippen LogP contribution in [0.2, 0.25) is 5.02 Å². The molecule has 0 radical (unpaired) electrons. The molecular formula is C16H15ClN2O3. The predicted molar refractivity (Wildman–Crippen MR) is 85.6 cm³/mol. The van der Waals surface area contributed by atoms with E-state index in [0.29, 0.717) is 5.56 Å². The third-order valence-electron chi connectivity index (χ3n) is 2.88. The van der Waals surface area contributed by atoms with Crippen molar-refractivity contribution in [3.63, 3.8) is 0 Å². The molecule has 0 aliphatic rings. The zero-order chi connectivity index (χ0) is 15.9. The van der Waals surface area contributed by atoms with Crippen LogP contribution in [-0.4, -0.2) is 24.3 Å². The molecule has 0 saturated carbocycles. The van der Waals surface area contributed by atoms with Gasteiger partial charge < -0.3 is 9.84 Å². The molecule has 0 saturated heterocycles. The largest absolute Gasteiger partial charge is 0.503 e. The number of nitrogens with zero attached hydrogens (tertiary/aromatic N) is 1. The van der Waals surface area contributed by atoms with Crippen molar-refractivity contribution in [1.82, 2.24) is 5.43 Å². The molecule has 1 amide bonds. The number of amides is 1. The van der Waals surface area contributed by atoms with Gasteiger partial charge in [0.05, 0.1) is 24.8 Å². The van der Waals surface area contributed by atoms with Crippen molar-refractivity contribution in [2.24, 2.45) is 5.10 Å². The maximum Gasteiger partial charge on any atom is 0.244 e. The van der Waals surface area contributed by atoms with Crippen LogP contribution in [0, 0.1) is 0 Å². The number of ether oxygens (including phenoxy) is 1. The van der Waals surface area contributed by atoms with Crippen molar-refractivity contribution < 1.29 is 14.6 Å². The standard InChI is InChI=1S/C16H15ClN2O3/c1-22-14-8-12(7-13(17)16(14)21)10-18-19-15(20)9-11-5-3-2-4-6-11/h2-8,10,21H,9H2,1H3,(H,19,20). The Morgan fingerprint density at radius 1 is 1.36 bits per heavy atom. The van der Waals surface area contributed by atoms with Gasteiger partial charge in [-0.1, -0.05) is 41.9 Å². The minimum Gasteiger partial charge on any atom is -0.503 e. The SMILES string of the molecule is COc1cc(C=NNC(=O)Cc2ccccc2)cc(Cl)c1O. The second-order valence-corrected chi connectivity index (χ2v) is 4.92. The van der Waals surface area contributed by atoms with Crippen molar-refractivity contribution >= 4 is 23.7 Å². The molecule has 0 bridgehead atoms. The van der Waals surface area contributed by atoms with Crippen LogP contribution in [-0.2, 0) is 11.2 Å². The number of benzene rings is 2. The Morgan fingerprint density at radius 2 is 2.09 bits per heavy atom. The van der Waals surface area contributed by atoms with E-state index in [9.17, 15) is 9.90 Å². The van der Waals surface area contributed by atoms with E-state index in [1.54, 1.807) is 6.07 Å². The van der Waals surface area contributed by atoms with Gasteiger partial charge in [-0.15, -0.1) is 0 Å². The van der Waals surface area contributed by atoms with Crippen LogP contribution in [0.15, 0.2) is 47.6 Å². The molecule has 22 heavy (non-hydrogen) atoms. The minimum absolute atomic E-state index is 0.130. The van der Waals surface area contributed by atoms with Crippen LogP contribution in [0.1, 0.15) is 11.1 Å². The highest BCUT2D eigenvalue weighted by Crippen LogP contribution is 2.34. The summed E-state index contributed by atoms with van der Waals surface area (Å²) >= 11 is 5.87. The highest BCUT2D eigenvalue weighted by atomic mass is 35.5. The number of rotatable bonds is 5. The van der Waals surface area contributed by atoms with Gasteiger partial charge in [0, 0.05) is 0 Å². The van der Waals surface area contributed by atoms with E-state index in [-0.39, 0.29) is 28.8 Å². The number of aromatic hydroxyl groups is 1. The first-order valence-electron chi connectivity index (χ1n) is 6.52. The average Bonchev–Trinajstić information content (AvgIpc) is 2.51. The number of phenolic OH excluding ortho intramolecular Hbond substituents is 1. The van der Waals surface area contributed by atoms with E-state index in [0.717, 1.165) is 5.56 Å². The fourth-order valence-corrected chi connectivity index (χ4v) is 2.04. The van der Waals surface area contributed by atoms with Crippen LogP contribution in [0.5, 0.6) is 11.5 Å². The number of carbonyl (C=O) groups excluding carboxylic acids is 1. The fourth-order valence-electron chi connectivity index (χ4n) is 1.82. The Hall–Kier alpha value is -2.53. The maximum absolute atomic E-state index is 11.7. The second-order valence-electron chi connectivity index (χ2n) is 4.51. The van der Waals surface area contributed by atoms with E-state index >= 15 is 0 Å². The summed E-state index contributed by atoms with van der Waals surface area (Å²) in [5, 5.41) is 13.6. The van der Waals surface area contributed by atoms with Crippen LogP contribution in [0.4, 0.5) is 0 Å². The quantitative estimate of drug-likeness (QED) is 0.658. The first-order valence-corrected chi connectivity index (χ1v) is 6.90. The molecule has 0 unspecified atom stereocenters. The lowest BCUT2D eigenvalue weighted by atomic mass is 10.1. The predicted octanol–water partition coefficient (Wildman–Crippen LogP) is 2.75. The number of carbonyl (C=O) groups is 1. The molecule has 0 spiro atoms. The third kappa shape index (κ3) is 4.23. The summed E-state index contributed by atoms with van der Waals surface area (Å²) in [5.74, 6) is -0.113. The minimum atomic E-state index is -0.223. The number of nitrogens with one attached hydrogen (secondary N) is 1. The fraction of sp³-hybridized carbons (Fsp3) is 0.125. The number of phenols is 1. The first kappa shape index (κ1) is 15.9. The molecular weight excluding hydrogens is 304 g/mol. The van der Waals surface area contributed by atoms with E-state index in [4.69, 9.17) is 16.3 Å². The lowest BCUT2D eigenvalue weighted by molar-refractivity contribution is -0.120. The summed E-state index contributed by atoms with van der Waals surface area (Å²) < 4.78 is 4.99. The third-order valence-corrected chi connectivity index (χ3v) is 3.17. The average molecular weight is 319 g/mol. The van der Waals surface area contributed by atoms with E-state index in [2.05, 4.69) is 10.5 Å². The zero-order valence-electron chi connectivity index (χ0n) is 11.9. The summed E-state index contributed by atoms with van der Waals surface area (Å²) in [6.07, 6.45) is 1.68. The topological polar surface area (TPSA) is 70.9 Å². The summed E-state index contributed by atoms with van der Waals surface area (Å²) in [5.41, 5.74) is 3.94. The monoisotopic (exact) mass is 318 g/mol. The summed E-state index contributed by atoms with van der Waals surface area (Å²) in [7, 11) is 1.42. The van der Waals surface area contributed by atoms with Crippen molar-refractivity contribution in [2.45, 2.75) is 6.42 Å². The van der Waals surface area contributed by atoms with Crippen LogP contribution in [0.3, 0.4) is 0 Å². The molecule has 5 nitrogen and oxygen atoms in total. The lowest BCUT2D eigenvalue weighted by Crippen LogP contribution is -2.19. The Labute approximate surface area is 133 Å². The Morgan fingerprint density at radius 3 is 2.77 bits per heavy atom. The Balaban J connectivity index is 1.98. The van der Waals surface area contributed by atoms with E-state index in [1.807, 2.05) is 30.3 Å². The van der Waals surface area contributed by atoms with Gasteiger partial charge in [-0.3, -0.25) is 4.79 Å². The molecule has 2 aromatic carbocycles. The molecule has 0 aliphatic carbocycles. The van der Waals surface area contributed by atoms with Crippen LogP contribution >= 0.6 is 11.6 Å². The van der Waals surface area contributed by atoms with Gasteiger partial charge >= 0.3 is 0 Å². The van der Waals surface area contributed by atoms with Gasteiger partial charge in [-0.2, -0.15) is 5.10 Å². The van der Waals surface area contributed by atoms with Crippen LogP contribution in [0.25, 0.3) is 0 Å². The smallest absolute Gasteiger partial charge is 0.244 e. The number of methoxy groups -OCH3 is 1. The molecule has 6 heteroatoms. The molecule has 2 aromatic rings. The molecule has 2 rings (SSSR count). The van der Waals surface area contributed by atoms with E-state index < -0.39 is 0 Å². The van der Waals surface area contributed by atoms with Crippen LogP contribution < -0.4 is 10.2 Å². The number of halogens is 1. The van der Waals surface area contributed by atoms with Gasteiger partial charge in [0.15, 0.2) is 11.5 Å². The van der Waals surface area contributed by atoms with Crippen molar-refractivity contribution in [3.05, 3.63) is 58.6 Å². The van der Waals surface area contributed by atoms with Crippen molar-refractivity contribution in [1.29, 1.82) is 0 Å². The molecule has 2 N–H and O–H groups in total. The second kappa shape index (κ2) is 7.47. The number of hydrogen-bond acceptors (Lipinski definition) is 4. The molecule has 0 atom stereocenters. The molecule has 0 fully saturated rings. The van der Waals surface area contributed by atoms with E-state index in [1.165, 1.54) is 19.4 Å². The van der Waals surface area contributed by atoms with Crippen molar-refractivity contribution in [3.8, 4) is 11.5 Å². The summed E-state index contributed by atoms with van der Waals surface area (Å²) in [4.78, 5) is 11.7. The van der Waals surface area contributed by atoms with Gasteiger partial charge in [0.1, 0.15) is 0 Å². The Bertz CT molecular complexity index is 687. The van der Waals surface area contributed by atoms with Gasteiger partial charge in [0.25, 0.3) is 0 Å².